The summed E-state index contributed by atoms with van der Waals surface area (Å²) in [6.07, 6.45) is 3.84. The van der Waals surface area contributed by atoms with Crippen LogP contribution in [0.3, 0.4) is 0 Å². The van der Waals surface area contributed by atoms with E-state index in [-0.39, 0.29) is 24.1 Å². The second-order valence-electron chi connectivity index (χ2n) is 10.1. The Bertz CT molecular complexity index is 837. The molecular weight excluding hydrogens is 478 g/mol. The number of carbonyl (C=O) groups excluding carboxylic acids is 2. The van der Waals surface area contributed by atoms with Crippen molar-refractivity contribution in [1.29, 1.82) is 0 Å². The number of hydrogen-bond acceptors (Lipinski definition) is 9. The van der Waals surface area contributed by atoms with Crippen molar-refractivity contribution in [3.05, 3.63) is 23.8 Å². The average molecular weight is 524 g/mol. The Morgan fingerprint density at radius 1 is 1.11 bits per heavy atom. The number of phenolic OH excluding ortho intramolecular Hbond substituents is 1. The number of nitrogens with one attached hydrogen (secondary N) is 1. The Balaban J connectivity index is 2.36. The molecule has 9 heteroatoms. The molecule has 1 aromatic carbocycles. The summed E-state index contributed by atoms with van der Waals surface area (Å²) < 4.78 is 22.3. The molecular formula is C28H45NO8. The Morgan fingerprint density at radius 2 is 1.84 bits per heavy atom. The van der Waals surface area contributed by atoms with Gasteiger partial charge in [-0.3, -0.25) is 9.59 Å². The third-order valence-corrected chi connectivity index (χ3v) is 7.04. The lowest BCUT2D eigenvalue weighted by molar-refractivity contribution is -0.165. The van der Waals surface area contributed by atoms with Gasteiger partial charge in [0, 0.05) is 38.9 Å². The maximum atomic E-state index is 12.9. The molecule has 0 bridgehead atoms. The van der Waals surface area contributed by atoms with Crippen LogP contribution in [0.15, 0.2) is 18.2 Å². The molecule has 0 saturated carbocycles. The average Bonchev–Trinajstić information content (AvgIpc) is 2.85. The van der Waals surface area contributed by atoms with Gasteiger partial charge in [0.25, 0.3) is 0 Å². The molecule has 1 fully saturated rings. The van der Waals surface area contributed by atoms with E-state index in [1.54, 1.807) is 20.1 Å². The molecule has 1 heterocycles. The highest BCUT2D eigenvalue weighted by molar-refractivity contribution is 5.69. The summed E-state index contributed by atoms with van der Waals surface area (Å²) in [5, 5.41) is 23.2. The fourth-order valence-electron chi connectivity index (χ4n) is 5.12. The van der Waals surface area contributed by atoms with Crippen LogP contribution in [0.5, 0.6) is 11.5 Å². The summed E-state index contributed by atoms with van der Waals surface area (Å²) in [5.74, 6) is -0.214. The third-order valence-electron chi connectivity index (χ3n) is 7.04. The van der Waals surface area contributed by atoms with E-state index in [0.29, 0.717) is 50.9 Å². The van der Waals surface area contributed by atoms with Crippen molar-refractivity contribution >= 4 is 11.9 Å². The second-order valence-corrected chi connectivity index (χ2v) is 10.1. The highest BCUT2D eigenvalue weighted by Crippen LogP contribution is 2.42. The predicted octanol–water partition coefficient (Wildman–Crippen LogP) is 3.52. The number of hydrogen-bond donors (Lipinski definition) is 3. The van der Waals surface area contributed by atoms with Gasteiger partial charge < -0.3 is 34.5 Å². The molecule has 3 atom stereocenters. The van der Waals surface area contributed by atoms with Crippen molar-refractivity contribution in [2.24, 2.45) is 5.41 Å². The first kappa shape index (κ1) is 30.9. The number of piperidine rings is 1. The lowest BCUT2D eigenvalue weighted by Gasteiger charge is -2.44. The van der Waals surface area contributed by atoms with Crippen molar-refractivity contribution in [2.45, 2.75) is 89.9 Å². The van der Waals surface area contributed by atoms with Gasteiger partial charge in [-0.25, -0.2) is 0 Å². The van der Waals surface area contributed by atoms with Crippen LogP contribution in [0.25, 0.3) is 0 Å². The number of phenols is 1. The molecule has 3 N–H and O–H groups in total. The molecule has 0 spiro atoms. The number of aromatic hydroxyl groups is 1. The fraction of sp³-hybridized carbons (Fsp3) is 0.714. The molecule has 1 aromatic rings. The normalized spacial score (nSPS) is 17.4. The summed E-state index contributed by atoms with van der Waals surface area (Å²) >= 11 is 0. The van der Waals surface area contributed by atoms with Crippen LogP contribution in [0.4, 0.5) is 0 Å². The fourth-order valence-corrected chi connectivity index (χ4v) is 5.12. The molecule has 0 radical (unpaired) electrons. The molecule has 9 nitrogen and oxygen atoms in total. The van der Waals surface area contributed by atoms with Gasteiger partial charge in [-0.1, -0.05) is 6.07 Å². The van der Waals surface area contributed by atoms with Crippen molar-refractivity contribution in [3.8, 4) is 11.5 Å². The quantitative estimate of drug-likeness (QED) is 0.220. The number of benzene rings is 1. The Labute approximate surface area is 220 Å². The number of aliphatic hydroxyl groups is 1. The maximum Gasteiger partial charge on any atom is 0.306 e. The number of ether oxygens (including phenoxy) is 4. The van der Waals surface area contributed by atoms with E-state index in [4.69, 9.17) is 18.9 Å². The van der Waals surface area contributed by atoms with Crippen LogP contribution < -0.4 is 10.1 Å². The Kier molecular flexibility index (Phi) is 13.2. The zero-order valence-electron chi connectivity index (χ0n) is 22.8. The molecule has 37 heavy (non-hydrogen) atoms. The third kappa shape index (κ3) is 10.5. The Morgan fingerprint density at radius 3 is 2.46 bits per heavy atom. The second kappa shape index (κ2) is 15.8. The largest absolute Gasteiger partial charge is 0.504 e. The van der Waals surface area contributed by atoms with Gasteiger partial charge in [-0.15, -0.1) is 0 Å². The molecule has 2 rings (SSSR count). The van der Waals surface area contributed by atoms with Gasteiger partial charge in [0.1, 0.15) is 12.2 Å². The number of methoxy groups -OCH3 is 2. The molecule has 1 aliphatic rings. The summed E-state index contributed by atoms with van der Waals surface area (Å²) in [6.45, 7) is 5.13. The topological polar surface area (TPSA) is 124 Å². The smallest absolute Gasteiger partial charge is 0.306 e. The highest BCUT2D eigenvalue weighted by Gasteiger charge is 2.44. The van der Waals surface area contributed by atoms with E-state index >= 15 is 0 Å². The summed E-state index contributed by atoms with van der Waals surface area (Å²) in [7, 11) is 3.11. The van der Waals surface area contributed by atoms with Crippen LogP contribution >= 0.6 is 0 Å². The first-order valence-corrected chi connectivity index (χ1v) is 13.3. The van der Waals surface area contributed by atoms with Gasteiger partial charge in [0.15, 0.2) is 11.5 Å². The van der Waals surface area contributed by atoms with Crippen molar-refractivity contribution in [3.63, 3.8) is 0 Å². The summed E-state index contributed by atoms with van der Waals surface area (Å²) in [6, 6.07) is 5.31. The van der Waals surface area contributed by atoms with E-state index in [1.807, 2.05) is 12.1 Å². The van der Waals surface area contributed by atoms with Crippen LogP contribution in [0, 0.1) is 5.41 Å². The van der Waals surface area contributed by atoms with E-state index < -0.39 is 23.7 Å². The first-order valence-electron chi connectivity index (χ1n) is 13.3. The standard InChI is InChI=1S/C28H45NO8/c1-20(30)7-5-8-23(36-21(2)31)18-26(37-27(33)9-6-16-34-3)28(12-14-29-15-13-28)19-22-10-11-24(32)25(17-22)35-4/h10-11,17,20,23,26,29-30,32H,5-9,12-16,18-19H2,1-4H3/t20-,23+,26+/m0/s1. The van der Waals surface area contributed by atoms with Crippen molar-refractivity contribution < 1.29 is 38.7 Å². The molecule has 1 saturated heterocycles. The maximum absolute atomic E-state index is 12.9. The number of esters is 2. The zero-order valence-corrected chi connectivity index (χ0v) is 22.8. The zero-order chi connectivity index (χ0) is 27.3. The summed E-state index contributed by atoms with van der Waals surface area (Å²) in [4.78, 5) is 24.9. The van der Waals surface area contributed by atoms with Crippen LogP contribution in [-0.2, 0) is 30.2 Å². The predicted molar refractivity (Wildman–Crippen MR) is 140 cm³/mol. The highest BCUT2D eigenvalue weighted by atomic mass is 16.6. The van der Waals surface area contributed by atoms with Crippen molar-refractivity contribution in [1.82, 2.24) is 5.32 Å². The molecule has 1 aliphatic heterocycles. The molecule has 0 amide bonds. The molecule has 210 valence electrons. The van der Waals surface area contributed by atoms with Gasteiger partial charge in [0.2, 0.25) is 0 Å². The lowest BCUT2D eigenvalue weighted by atomic mass is 9.68. The SMILES string of the molecule is COCCCC(=O)O[C@H](C[C@@H](CCC[C@H](C)O)OC(C)=O)C1(Cc2ccc(O)c(OC)c2)CCNCC1. The number of carbonyl (C=O) groups is 2. The lowest BCUT2D eigenvalue weighted by Crippen LogP contribution is -2.49. The van der Waals surface area contributed by atoms with Crippen molar-refractivity contribution in [2.75, 3.05) is 33.9 Å². The molecule has 0 aromatic heterocycles. The van der Waals surface area contributed by atoms with Gasteiger partial charge in [-0.2, -0.15) is 0 Å². The van der Waals surface area contributed by atoms with Crippen LogP contribution in [0.1, 0.15) is 70.8 Å². The summed E-state index contributed by atoms with van der Waals surface area (Å²) in [5.41, 5.74) is 0.572. The van der Waals surface area contributed by atoms with Gasteiger partial charge >= 0.3 is 11.9 Å². The van der Waals surface area contributed by atoms with Crippen LogP contribution in [0.2, 0.25) is 0 Å². The van der Waals surface area contributed by atoms with E-state index in [9.17, 15) is 19.8 Å². The molecule has 0 unspecified atom stereocenters. The minimum atomic E-state index is -0.486. The van der Waals surface area contributed by atoms with E-state index in [2.05, 4.69) is 5.32 Å². The van der Waals surface area contributed by atoms with Crippen LogP contribution in [-0.4, -0.2) is 74.4 Å². The minimum absolute atomic E-state index is 0.0692. The minimum Gasteiger partial charge on any atom is -0.504 e. The number of aliphatic hydroxyl groups excluding tert-OH is 1. The van der Waals surface area contributed by atoms with E-state index in [1.165, 1.54) is 14.0 Å². The van der Waals surface area contributed by atoms with Gasteiger partial charge in [0.05, 0.1) is 13.2 Å². The first-order chi connectivity index (χ1) is 17.7. The Hall–Kier alpha value is -2.36. The number of rotatable bonds is 16. The van der Waals surface area contributed by atoms with Gasteiger partial charge in [-0.05, 0) is 82.7 Å². The monoisotopic (exact) mass is 523 g/mol. The molecule has 0 aliphatic carbocycles. The van der Waals surface area contributed by atoms with E-state index in [0.717, 1.165) is 31.5 Å².